The minimum atomic E-state index is -0.611. The number of urea groups is 1. The van der Waals surface area contributed by atoms with Crippen molar-refractivity contribution in [3.05, 3.63) is 58.1 Å². The third-order valence-electron chi connectivity index (χ3n) is 3.90. The number of allylic oxidation sites excluding steroid dienone is 5. The summed E-state index contributed by atoms with van der Waals surface area (Å²) >= 11 is 0.113. The normalized spacial score (nSPS) is 15.4. The zero-order valence-electron chi connectivity index (χ0n) is 19.6. The second-order valence-electron chi connectivity index (χ2n) is 5.44. The third-order valence-corrected chi connectivity index (χ3v) is 6.14. The van der Waals surface area contributed by atoms with Crippen LogP contribution in [0.5, 0.6) is 0 Å². The summed E-state index contributed by atoms with van der Waals surface area (Å²) in [6.45, 7) is 13.9. The van der Waals surface area contributed by atoms with Gasteiger partial charge in [-0.05, 0) is 0 Å². The van der Waals surface area contributed by atoms with Crippen molar-refractivity contribution in [3.63, 3.8) is 0 Å². The van der Waals surface area contributed by atoms with Gasteiger partial charge in [0.1, 0.15) is 0 Å². The molecule has 6 heteroatoms. The molecule has 0 saturated carbocycles. The first kappa shape index (κ1) is 27.6. The summed E-state index contributed by atoms with van der Waals surface area (Å²) in [5.41, 5.74) is 1.52. The Morgan fingerprint density at radius 2 is 1.33 bits per heavy atom. The van der Waals surface area contributed by atoms with Crippen molar-refractivity contribution in [2.24, 2.45) is 0 Å². The number of likely N-dealkylation sites (N-methyl/N-ethyl adjacent to an activating group) is 2. The van der Waals surface area contributed by atoms with Gasteiger partial charge in [0, 0.05) is 0 Å². The fourth-order valence-corrected chi connectivity index (χ4v) is 4.91. The number of carbonyl (C=O) groups is 3. The molecule has 164 valence electrons. The molecule has 1 aromatic rings. The molecule has 1 fully saturated rings. The molecule has 1 saturated heterocycles. The molecule has 0 atom stereocenters. The SMILES string of the molecule is C/C=C/C1=CC(=C2C(=O)N(C)C(=O)N(C)C2=O)c2ccccc2[Se]1.CC.CC.CC. The van der Waals surface area contributed by atoms with Gasteiger partial charge in [-0.2, -0.15) is 0 Å². The molecule has 2 aliphatic rings. The summed E-state index contributed by atoms with van der Waals surface area (Å²) in [5.74, 6) is -1.11. The minimum absolute atomic E-state index is 0.0459. The Hall–Kier alpha value is -2.43. The van der Waals surface area contributed by atoms with E-state index in [1.54, 1.807) is 0 Å². The predicted molar refractivity (Wildman–Crippen MR) is 127 cm³/mol. The predicted octanol–water partition coefficient (Wildman–Crippen LogP) is 4.37. The number of hydrogen-bond donors (Lipinski definition) is 0. The van der Waals surface area contributed by atoms with Crippen LogP contribution in [0.1, 0.15) is 54.0 Å². The Morgan fingerprint density at radius 1 is 0.833 bits per heavy atom. The molecule has 2 aliphatic heterocycles. The Bertz CT molecular complexity index is 828. The van der Waals surface area contributed by atoms with Crippen LogP contribution in [0, 0.1) is 0 Å². The van der Waals surface area contributed by atoms with E-state index in [9.17, 15) is 14.4 Å². The van der Waals surface area contributed by atoms with Crippen LogP contribution >= 0.6 is 0 Å². The topological polar surface area (TPSA) is 57.7 Å². The molecule has 0 aromatic heterocycles. The van der Waals surface area contributed by atoms with Crippen molar-refractivity contribution < 1.29 is 14.4 Å². The zero-order chi connectivity index (χ0) is 23.4. The van der Waals surface area contributed by atoms with Crippen LogP contribution in [-0.4, -0.2) is 56.7 Å². The number of nitrogens with zero attached hydrogens (tertiary/aromatic N) is 2. The first-order valence-electron chi connectivity index (χ1n) is 10.4. The molecule has 0 unspecified atom stereocenters. The average Bonchev–Trinajstić information content (AvgIpc) is 2.80. The number of amides is 4. The van der Waals surface area contributed by atoms with Gasteiger partial charge in [0.25, 0.3) is 0 Å². The van der Waals surface area contributed by atoms with Gasteiger partial charge in [-0.3, -0.25) is 0 Å². The summed E-state index contributed by atoms with van der Waals surface area (Å²) in [5, 5.41) is 0. The maximum Gasteiger partial charge on any atom is -0.0683 e. The van der Waals surface area contributed by atoms with E-state index in [-0.39, 0.29) is 20.5 Å². The second-order valence-corrected chi connectivity index (χ2v) is 7.78. The largest absolute Gasteiger partial charge is 0.0683 e. The Labute approximate surface area is 187 Å². The standard InChI is InChI=1S/C18H16N2O3Se.3C2H6/c1-4-7-11-10-13(12-8-5-6-9-14(12)24-11)15-16(21)19(2)18(23)20(3)17(15)22;3*1-2/h4-10H,1-3H3;3*1-2H3/b7-4+;;;. The zero-order valence-corrected chi connectivity index (χ0v) is 21.3. The number of fused-ring (bicyclic) bond motifs is 1. The number of carbonyl (C=O) groups excluding carboxylic acids is 3. The van der Waals surface area contributed by atoms with Crippen molar-refractivity contribution >= 4 is 42.8 Å². The molecule has 1 aromatic carbocycles. The number of benzene rings is 1. The maximum absolute atomic E-state index is 12.6. The summed E-state index contributed by atoms with van der Waals surface area (Å²) < 4.78 is 2.19. The molecule has 3 rings (SSSR count). The van der Waals surface area contributed by atoms with Crippen LogP contribution < -0.4 is 4.46 Å². The van der Waals surface area contributed by atoms with Crippen molar-refractivity contribution in [3.8, 4) is 0 Å². The van der Waals surface area contributed by atoms with Gasteiger partial charge in [0.05, 0.1) is 0 Å². The van der Waals surface area contributed by atoms with Crippen molar-refractivity contribution in [1.82, 2.24) is 9.80 Å². The molecule has 30 heavy (non-hydrogen) atoms. The van der Waals surface area contributed by atoms with E-state index >= 15 is 0 Å². The van der Waals surface area contributed by atoms with Crippen LogP contribution in [-0.2, 0) is 9.59 Å². The Balaban J connectivity index is 0.00000129. The first-order chi connectivity index (χ1) is 14.5. The van der Waals surface area contributed by atoms with E-state index in [0.717, 1.165) is 24.3 Å². The number of imide groups is 2. The molecule has 0 spiro atoms. The fraction of sp³-hybridized carbons (Fsp3) is 0.375. The monoisotopic (exact) mass is 478 g/mol. The van der Waals surface area contributed by atoms with Gasteiger partial charge < -0.3 is 0 Å². The van der Waals surface area contributed by atoms with Crippen LogP contribution in [0.2, 0.25) is 0 Å². The maximum atomic E-state index is 12.6. The van der Waals surface area contributed by atoms with Crippen LogP contribution in [0.15, 0.2) is 52.5 Å². The Morgan fingerprint density at radius 3 is 1.83 bits per heavy atom. The number of barbiturate groups is 1. The summed E-state index contributed by atoms with van der Waals surface area (Å²) in [7, 11) is 2.78. The summed E-state index contributed by atoms with van der Waals surface area (Å²) in [6, 6.07) is 7.16. The average molecular weight is 478 g/mol. The quantitative estimate of drug-likeness (QED) is 0.343. The first-order valence-corrected chi connectivity index (χ1v) is 12.1. The third kappa shape index (κ3) is 5.80. The van der Waals surface area contributed by atoms with E-state index in [4.69, 9.17) is 0 Å². The van der Waals surface area contributed by atoms with E-state index in [0.29, 0.717) is 5.57 Å². The van der Waals surface area contributed by atoms with Crippen molar-refractivity contribution in [1.29, 1.82) is 0 Å². The second kappa shape index (κ2) is 13.7. The molecule has 5 nitrogen and oxygen atoms in total. The van der Waals surface area contributed by atoms with Gasteiger partial charge in [0.2, 0.25) is 0 Å². The molecular formula is C24H34N2O3Se. The molecule has 4 amide bonds. The smallest absolute Gasteiger partial charge is 0.0683 e. The van der Waals surface area contributed by atoms with Gasteiger partial charge in [-0.1, -0.05) is 41.5 Å². The van der Waals surface area contributed by atoms with Crippen molar-refractivity contribution in [2.45, 2.75) is 48.5 Å². The molecule has 0 N–H and O–H groups in total. The van der Waals surface area contributed by atoms with Gasteiger partial charge >= 0.3 is 146 Å². The van der Waals surface area contributed by atoms with Crippen LogP contribution in [0.3, 0.4) is 0 Å². The van der Waals surface area contributed by atoms with Crippen LogP contribution in [0.25, 0.3) is 5.57 Å². The fourth-order valence-electron chi connectivity index (χ4n) is 2.66. The Kier molecular flexibility index (Phi) is 12.6. The van der Waals surface area contributed by atoms with Gasteiger partial charge in [-0.25, -0.2) is 0 Å². The van der Waals surface area contributed by atoms with Crippen LogP contribution in [0.4, 0.5) is 4.79 Å². The number of rotatable bonds is 1. The van der Waals surface area contributed by atoms with E-state index in [2.05, 4.69) is 0 Å². The van der Waals surface area contributed by atoms with E-state index in [1.807, 2.05) is 91.0 Å². The summed E-state index contributed by atoms with van der Waals surface area (Å²) in [4.78, 5) is 39.2. The molecule has 2 heterocycles. The van der Waals surface area contributed by atoms with Gasteiger partial charge in [-0.15, -0.1) is 0 Å². The van der Waals surface area contributed by atoms with Gasteiger partial charge in [0.15, 0.2) is 0 Å². The molecule has 0 aliphatic carbocycles. The molecular weight excluding hydrogens is 443 g/mol. The molecule has 0 bridgehead atoms. The van der Waals surface area contributed by atoms with Crippen molar-refractivity contribution in [2.75, 3.05) is 14.1 Å². The number of hydrogen-bond acceptors (Lipinski definition) is 3. The molecule has 0 radical (unpaired) electrons. The van der Waals surface area contributed by atoms with E-state index in [1.165, 1.54) is 14.1 Å². The minimum Gasteiger partial charge on any atom is -0.0683 e. The summed E-state index contributed by atoms with van der Waals surface area (Å²) in [6.07, 6.45) is 5.83. The van der Waals surface area contributed by atoms with E-state index < -0.39 is 17.8 Å².